The van der Waals surface area contributed by atoms with Crippen molar-refractivity contribution < 1.29 is 4.39 Å². The lowest BCUT2D eigenvalue weighted by atomic mass is 9.81. The molecule has 0 spiro atoms. The Morgan fingerprint density at radius 2 is 2.27 bits per heavy atom. The highest BCUT2D eigenvalue weighted by molar-refractivity contribution is 5.01. The molecule has 0 unspecified atom stereocenters. The summed E-state index contributed by atoms with van der Waals surface area (Å²) in [5.41, 5.74) is 5.37. The number of nitrogens with zero attached hydrogens (tertiary/aromatic N) is 3. The van der Waals surface area contributed by atoms with Gasteiger partial charge in [0.2, 0.25) is 0 Å². The predicted octanol–water partition coefficient (Wildman–Crippen LogP) is 0.967. The van der Waals surface area contributed by atoms with Gasteiger partial charge in [-0.05, 0) is 25.7 Å². The molecule has 0 atom stereocenters. The van der Waals surface area contributed by atoms with Crippen LogP contribution in [0, 0.1) is 0 Å². The molecule has 0 saturated heterocycles. The molecule has 1 aromatic heterocycles. The summed E-state index contributed by atoms with van der Waals surface area (Å²) in [6.07, 6.45) is 4.78. The van der Waals surface area contributed by atoms with Gasteiger partial charge in [0.1, 0.15) is 5.67 Å². The Bertz CT molecular complexity index is 328. The average Bonchev–Trinajstić information content (AvgIpc) is 2.57. The highest BCUT2D eigenvalue weighted by Crippen LogP contribution is 2.33. The van der Waals surface area contributed by atoms with Crippen molar-refractivity contribution in [3.8, 4) is 0 Å². The zero-order chi connectivity index (χ0) is 10.9. The molecule has 4 nitrogen and oxygen atoms in total. The second-order valence-corrected chi connectivity index (χ2v) is 4.55. The Hall–Kier alpha value is -0.970. The van der Waals surface area contributed by atoms with Crippen LogP contribution in [0.5, 0.6) is 0 Å². The van der Waals surface area contributed by atoms with Gasteiger partial charge in [0.25, 0.3) is 0 Å². The van der Waals surface area contributed by atoms with Crippen LogP contribution in [-0.2, 0) is 13.5 Å². The van der Waals surface area contributed by atoms with Crippen molar-refractivity contribution >= 4 is 0 Å². The Labute approximate surface area is 88.6 Å². The maximum absolute atomic E-state index is 14.3. The van der Waals surface area contributed by atoms with Crippen LogP contribution < -0.4 is 5.73 Å². The SMILES string of the molecule is Cn1cc(CC2(F)CCC(N)CC2)nn1. The molecular weight excluding hydrogens is 195 g/mol. The van der Waals surface area contributed by atoms with Crippen molar-refractivity contribution in [3.63, 3.8) is 0 Å². The van der Waals surface area contributed by atoms with Crippen molar-refractivity contribution in [3.05, 3.63) is 11.9 Å². The summed E-state index contributed by atoms with van der Waals surface area (Å²) >= 11 is 0. The minimum absolute atomic E-state index is 0.177. The number of hydrogen-bond donors (Lipinski definition) is 1. The van der Waals surface area contributed by atoms with Crippen LogP contribution in [0.1, 0.15) is 31.4 Å². The number of alkyl halides is 1. The van der Waals surface area contributed by atoms with Gasteiger partial charge in [0, 0.05) is 25.7 Å². The summed E-state index contributed by atoms with van der Waals surface area (Å²) in [6.45, 7) is 0. The van der Waals surface area contributed by atoms with E-state index in [1.165, 1.54) is 0 Å². The van der Waals surface area contributed by atoms with Crippen molar-refractivity contribution in [1.29, 1.82) is 0 Å². The largest absolute Gasteiger partial charge is 0.328 e. The normalized spacial score (nSPS) is 31.8. The molecule has 1 aliphatic carbocycles. The fourth-order valence-corrected chi connectivity index (χ4v) is 2.14. The molecule has 0 aliphatic heterocycles. The van der Waals surface area contributed by atoms with Crippen LogP contribution in [-0.4, -0.2) is 26.7 Å². The fraction of sp³-hybridized carbons (Fsp3) is 0.800. The number of hydrogen-bond acceptors (Lipinski definition) is 3. The number of rotatable bonds is 2. The van der Waals surface area contributed by atoms with E-state index in [0.29, 0.717) is 19.3 Å². The average molecular weight is 212 g/mol. The third-order valence-corrected chi connectivity index (χ3v) is 3.07. The van der Waals surface area contributed by atoms with Gasteiger partial charge in [-0.1, -0.05) is 5.21 Å². The van der Waals surface area contributed by atoms with Gasteiger partial charge in [0.15, 0.2) is 0 Å². The lowest BCUT2D eigenvalue weighted by molar-refractivity contribution is 0.0983. The number of nitrogens with two attached hydrogens (primary N) is 1. The second-order valence-electron chi connectivity index (χ2n) is 4.55. The molecule has 0 bridgehead atoms. The van der Waals surface area contributed by atoms with Gasteiger partial charge in [-0.15, -0.1) is 5.10 Å². The molecule has 1 saturated carbocycles. The van der Waals surface area contributed by atoms with E-state index in [4.69, 9.17) is 5.73 Å². The lowest BCUT2D eigenvalue weighted by Gasteiger charge is -2.31. The number of aryl methyl sites for hydroxylation is 1. The van der Waals surface area contributed by atoms with Crippen LogP contribution >= 0.6 is 0 Å². The zero-order valence-electron chi connectivity index (χ0n) is 8.99. The lowest BCUT2D eigenvalue weighted by Crippen LogP contribution is -2.37. The summed E-state index contributed by atoms with van der Waals surface area (Å²) < 4.78 is 15.9. The molecule has 1 aromatic rings. The van der Waals surface area contributed by atoms with Crippen LogP contribution in [0.15, 0.2) is 6.20 Å². The van der Waals surface area contributed by atoms with Gasteiger partial charge < -0.3 is 5.73 Å². The molecule has 0 aromatic carbocycles. The van der Waals surface area contributed by atoms with Crippen molar-refractivity contribution in [2.75, 3.05) is 0 Å². The maximum Gasteiger partial charge on any atom is 0.116 e. The van der Waals surface area contributed by atoms with Gasteiger partial charge in [-0.25, -0.2) is 4.39 Å². The van der Waals surface area contributed by atoms with E-state index in [2.05, 4.69) is 10.3 Å². The Morgan fingerprint density at radius 1 is 1.60 bits per heavy atom. The van der Waals surface area contributed by atoms with E-state index in [0.717, 1.165) is 18.5 Å². The molecule has 2 N–H and O–H groups in total. The summed E-state index contributed by atoms with van der Waals surface area (Å²) in [5.74, 6) is 0. The summed E-state index contributed by atoms with van der Waals surface area (Å²) in [5, 5.41) is 7.72. The Morgan fingerprint density at radius 3 is 2.80 bits per heavy atom. The first-order chi connectivity index (χ1) is 7.07. The summed E-state index contributed by atoms with van der Waals surface area (Å²) in [7, 11) is 1.79. The quantitative estimate of drug-likeness (QED) is 0.794. The predicted molar refractivity (Wildman–Crippen MR) is 55.0 cm³/mol. The summed E-state index contributed by atoms with van der Waals surface area (Å²) in [4.78, 5) is 0. The van der Waals surface area contributed by atoms with Crippen LogP contribution in [0.25, 0.3) is 0 Å². The highest BCUT2D eigenvalue weighted by atomic mass is 19.1. The first kappa shape index (κ1) is 10.5. The molecule has 1 aliphatic rings. The zero-order valence-corrected chi connectivity index (χ0v) is 8.99. The van der Waals surface area contributed by atoms with Gasteiger partial charge in [-0.2, -0.15) is 0 Å². The molecule has 15 heavy (non-hydrogen) atoms. The Kier molecular flexibility index (Phi) is 2.73. The fourth-order valence-electron chi connectivity index (χ4n) is 2.14. The third-order valence-electron chi connectivity index (χ3n) is 3.07. The smallest absolute Gasteiger partial charge is 0.116 e. The van der Waals surface area contributed by atoms with Crippen molar-refractivity contribution in [1.82, 2.24) is 15.0 Å². The molecule has 84 valence electrons. The van der Waals surface area contributed by atoms with Gasteiger partial charge >= 0.3 is 0 Å². The van der Waals surface area contributed by atoms with E-state index >= 15 is 0 Å². The molecule has 2 rings (SSSR count). The molecular formula is C10H17FN4. The third kappa shape index (κ3) is 2.53. The maximum atomic E-state index is 14.3. The summed E-state index contributed by atoms with van der Waals surface area (Å²) in [6, 6.07) is 0.177. The van der Waals surface area contributed by atoms with Crippen molar-refractivity contribution in [2.24, 2.45) is 12.8 Å². The topological polar surface area (TPSA) is 56.7 Å². The van der Waals surface area contributed by atoms with E-state index in [1.807, 2.05) is 0 Å². The molecule has 1 fully saturated rings. The van der Waals surface area contributed by atoms with E-state index in [1.54, 1.807) is 17.9 Å². The standard InChI is InChI=1S/C10H17FN4/c1-15-7-9(13-14-15)6-10(11)4-2-8(12)3-5-10/h7-8H,2-6,12H2,1H3. The first-order valence-electron chi connectivity index (χ1n) is 5.37. The van der Waals surface area contributed by atoms with E-state index < -0.39 is 5.67 Å². The molecule has 1 heterocycles. The Balaban J connectivity index is 1.99. The molecule has 0 amide bonds. The minimum atomic E-state index is -1.12. The number of halogens is 1. The molecule has 0 radical (unpaired) electrons. The van der Waals surface area contributed by atoms with Crippen LogP contribution in [0.3, 0.4) is 0 Å². The van der Waals surface area contributed by atoms with Crippen LogP contribution in [0.2, 0.25) is 0 Å². The first-order valence-corrected chi connectivity index (χ1v) is 5.37. The van der Waals surface area contributed by atoms with Crippen molar-refractivity contribution in [2.45, 2.75) is 43.8 Å². The van der Waals surface area contributed by atoms with Gasteiger partial charge in [-0.3, -0.25) is 4.68 Å². The monoisotopic (exact) mass is 212 g/mol. The highest BCUT2D eigenvalue weighted by Gasteiger charge is 2.35. The molecule has 5 heteroatoms. The van der Waals surface area contributed by atoms with E-state index in [-0.39, 0.29) is 6.04 Å². The van der Waals surface area contributed by atoms with E-state index in [9.17, 15) is 4.39 Å². The van der Waals surface area contributed by atoms with Gasteiger partial charge in [0.05, 0.1) is 5.69 Å². The number of aromatic nitrogens is 3. The van der Waals surface area contributed by atoms with Crippen LogP contribution in [0.4, 0.5) is 4.39 Å². The second kappa shape index (κ2) is 3.89. The minimum Gasteiger partial charge on any atom is -0.328 e.